The molecule has 26 heavy (non-hydrogen) atoms. The number of benzene rings is 1. The Morgan fingerprint density at radius 2 is 1.96 bits per heavy atom. The Morgan fingerprint density at radius 1 is 1.19 bits per heavy atom. The number of rotatable bonds is 4. The first kappa shape index (κ1) is 16.4. The number of hydrogen-bond acceptors (Lipinski definition) is 5. The Balaban J connectivity index is 2.05. The van der Waals surface area contributed by atoms with Crippen LogP contribution in [0, 0.1) is 6.92 Å². The van der Waals surface area contributed by atoms with Crippen molar-refractivity contribution in [2.75, 3.05) is 6.61 Å². The lowest BCUT2D eigenvalue weighted by Crippen LogP contribution is -2.29. The molecule has 0 amide bonds. The first-order chi connectivity index (χ1) is 12.6. The van der Waals surface area contributed by atoms with Gasteiger partial charge in [-0.15, -0.1) is 0 Å². The molecule has 0 bridgehead atoms. The van der Waals surface area contributed by atoms with Crippen LogP contribution in [0.1, 0.15) is 5.69 Å². The van der Waals surface area contributed by atoms with Gasteiger partial charge in [-0.25, -0.2) is 0 Å². The minimum Gasteiger partial charge on any atom is -0.394 e. The summed E-state index contributed by atoms with van der Waals surface area (Å²) in [6.45, 7) is 1.40. The Hall–Kier alpha value is -3.03. The van der Waals surface area contributed by atoms with Crippen LogP contribution in [0.3, 0.4) is 0 Å². The molecule has 0 aliphatic carbocycles. The Bertz CT molecular complexity index is 1150. The molecular formula is C19H18N4O3. The molecule has 1 atom stereocenters. The maximum Gasteiger partial charge on any atom is 0.262 e. The van der Waals surface area contributed by atoms with Gasteiger partial charge in [0.25, 0.3) is 5.56 Å². The minimum absolute atomic E-state index is 0.0149. The van der Waals surface area contributed by atoms with Gasteiger partial charge >= 0.3 is 0 Å². The third-order valence-corrected chi connectivity index (χ3v) is 4.57. The van der Waals surface area contributed by atoms with Crippen LogP contribution < -0.4 is 5.56 Å². The summed E-state index contributed by atoms with van der Waals surface area (Å²) in [6, 6.07) is 9.58. The molecule has 0 radical (unpaired) electrons. The van der Waals surface area contributed by atoms with Gasteiger partial charge in [-0.2, -0.15) is 5.10 Å². The number of aliphatic hydroxyl groups excluding tert-OH is 2. The fourth-order valence-corrected chi connectivity index (χ4v) is 3.26. The molecule has 0 saturated carbocycles. The van der Waals surface area contributed by atoms with Crippen molar-refractivity contribution in [3.05, 3.63) is 58.8 Å². The third kappa shape index (κ3) is 2.58. The molecule has 3 aromatic heterocycles. The quantitative estimate of drug-likeness (QED) is 0.519. The molecule has 0 spiro atoms. The number of nitrogens with zero attached hydrogens (tertiary/aromatic N) is 3. The van der Waals surface area contributed by atoms with E-state index in [2.05, 4.69) is 15.2 Å². The summed E-state index contributed by atoms with van der Waals surface area (Å²) in [4.78, 5) is 17.0. The van der Waals surface area contributed by atoms with Crippen molar-refractivity contribution in [2.45, 2.75) is 19.6 Å². The van der Waals surface area contributed by atoms with Crippen LogP contribution in [-0.2, 0) is 6.54 Å². The van der Waals surface area contributed by atoms with Gasteiger partial charge < -0.3 is 14.8 Å². The van der Waals surface area contributed by atoms with Crippen molar-refractivity contribution in [1.82, 2.24) is 19.7 Å². The van der Waals surface area contributed by atoms with Crippen molar-refractivity contribution in [3.8, 4) is 11.1 Å². The number of aromatic nitrogens is 4. The average molecular weight is 350 g/mol. The molecule has 4 aromatic rings. The zero-order valence-corrected chi connectivity index (χ0v) is 14.2. The van der Waals surface area contributed by atoms with E-state index in [9.17, 15) is 15.0 Å². The molecule has 3 heterocycles. The summed E-state index contributed by atoms with van der Waals surface area (Å²) < 4.78 is 1.50. The van der Waals surface area contributed by atoms with Crippen LogP contribution >= 0.6 is 0 Å². The van der Waals surface area contributed by atoms with E-state index in [1.807, 2.05) is 30.3 Å². The van der Waals surface area contributed by atoms with Crippen molar-refractivity contribution in [1.29, 1.82) is 0 Å². The highest BCUT2D eigenvalue weighted by atomic mass is 16.3. The number of aliphatic hydroxyl groups is 2. The number of nitrogens with one attached hydrogen (secondary N) is 1. The van der Waals surface area contributed by atoms with E-state index in [4.69, 9.17) is 0 Å². The summed E-state index contributed by atoms with van der Waals surface area (Å²) in [5.74, 6) is 0. The monoisotopic (exact) mass is 350 g/mol. The van der Waals surface area contributed by atoms with Crippen LogP contribution in [-0.4, -0.2) is 42.7 Å². The molecule has 7 nitrogen and oxygen atoms in total. The van der Waals surface area contributed by atoms with Gasteiger partial charge in [0.05, 0.1) is 30.2 Å². The van der Waals surface area contributed by atoms with Gasteiger partial charge in [0.15, 0.2) is 0 Å². The molecule has 1 aromatic carbocycles. The predicted molar refractivity (Wildman–Crippen MR) is 98.9 cm³/mol. The Morgan fingerprint density at radius 3 is 2.69 bits per heavy atom. The molecule has 0 fully saturated rings. The van der Waals surface area contributed by atoms with E-state index in [0.717, 1.165) is 16.5 Å². The van der Waals surface area contributed by atoms with E-state index >= 15 is 0 Å². The number of hydrogen-bond donors (Lipinski definition) is 3. The maximum atomic E-state index is 12.9. The summed E-state index contributed by atoms with van der Waals surface area (Å²) in [7, 11) is 0. The van der Waals surface area contributed by atoms with Crippen LogP contribution in [0.15, 0.2) is 47.5 Å². The topological polar surface area (TPSA) is 104 Å². The average Bonchev–Trinajstić information content (AvgIpc) is 3.07. The highest BCUT2D eigenvalue weighted by Gasteiger charge is 2.17. The van der Waals surface area contributed by atoms with Gasteiger partial charge in [-0.3, -0.25) is 14.9 Å². The number of aryl methyl sites for hydroxylation is 1. The highest BCUT2D eigenvalue weighted by Crippen LogP contribution is 2.28. The van der Waals surface area contributed by atoms with Gasteiger partial charge in [0.2, 0.25) is 0 Å². The standard InChI is InChI=1S/C19H18N4O3/c1-11-17-18(22-21-11)15-8-13(12-4-6-20-7-5-12)2-3-16(15)23(19(17)26)9-14(25)10-24/h2-8,14,24-25H,9-10H2,1H3,(H,21,22). The van der Waals surface area contributed by atoms with E-state index in [-0.39, 0.29) is 12.1 Å². The molecule has 0 aliphatic rings. The lowest BCUT2D eigenvalue weighted by atomic mass is 10.0. The van der Waals surface area contributed by atoms with E-state index in [1.165, 1.54) is 4.57 Å². The summed E-state index contributed by atoms with van der Waals surface area (Å²) >= 11 is 0. The molecule has 0 aliphatic heterocycles. The fourth-order valence-electron chi connectivity index (χ4n) is 3.26. The Labute approximate surface area is 148 Å². The van der Waals surface area contributed by atoms with Crippen LogP contribution in [0.5, 0.6) is 0 Å². The lowest BCUT2D eigenvalue weighted by molar-refractivity contribution is 0.0815. The van der Waals surface area contributed by atoms with Gasteiger partial charge in [-0.1, -0.05) is 6.07 Å². The van der Waals surface area contributed by atoms with Crippen molar-refractivity contribution < 1.29 is 10.2 Å². The third-order valence-electron chi connectivity index (χ3n) is 4.57. The van der Waals surface area contributed by atoms with Crippen molar-refractivity contribution in [2.24, 2.45) is 0 Å². The lowest BCUT2D eigenvalue weighted by Gasteiger charge is -2.15. The molecule has 132 valence electrons. The number of H-pyrrole nitrogens is 1. The van der Waals surface area contributed by atoms with Gasteiger partial charge in [0.1, 0.15) is 5.52 Å². The van der Waals surface area contributed by atoms with E-state index in [0.29, 0.717) is 22.1 Å². The molecular weight excluding hydrogens is 332 g/mol. The predicted octanol–water partition coefficient (Wildman–Crippen LogP) is 1.60. The normalized spacial score (nSPS) is 12.7. The highest BCUT2D eigenvalue weighted by molar-refractivity contribution is 6.05. The number of pyridine rings is 2. The second-order valence-corrected chi connectivity index (χ2v) is 6.29. The van der Waals surface area contributed by atoms with Crippen molar-refractivity contribution in [3.63, 3.8) is 0 Å². The maximum absolute atomic E-state index is 12.9. The summed E-state index contributed by atoms with van der Waals surface area (Å²) in [6.07, 6.45) is 2.44. The van der Waals surface area contributed by atoms with Gasteiger partial charge in [0, 0.05) is 23.5 Å². The molecule has 4 rings (SSSR count). The molecule has 1 unspecified atom stereocenters. The van der Waals surface area contributed by atoms with Crippen LogP contribution in [0.4, 0.5) is 0 Å². The van der Waals surface area contributed by atoms with E-state index in [1.54, 1.807) is 19.3 Å². The first-order valence-corrected chi connectivity index (χ1v) is 8.30. The SMILES string of the molecule is Cc1[nH]nc2c1c(=O)n(CC(O)CO)c1ccc(-c3ccncc3)cc21. The fraction of sp³-hybridized carbons (Fsp3) is 0.211. The minimum atomic E-state index is -1.01. The largest absolute Gasteiger partial charge is 0.394 e. The van der Waals surface area contributed by atoms with Crippen molar-refractivity contribution >= 4 is 21.8 Å². The second kappa shape index (κ2) is 6.36. The van der Waals surface area contributed by atoms with Crippen LogP contribution in [0.25, 0.3) is 32.9 Å². The number of fused-ring (bicyclic) bond motifs is 3. The van der Waals surface area contributed by atoms with Gasteiger partial charge in [-0.05, 0) is 42.3 Å². The summed E-state index contributed by atoms with van der Waals surface area (Å²) in [5, 5.41) is 27.6. The summed E-state index contributed by atoms with van der Waals surface area (Å²) in [5.41, 5.74) is 3.70. The second-order valence-electron chi connectivity index (χ2n) is 6.29. The van der Waals surface area contributed by atoms with E-state index < -0.39 is 12.7 Å². The zero-order valence-electron chi connectivity index (χ0n) is 14.2. The van der Waals surface area contributed by atoms with Crippen LogP contribution in [0.2, 0.25) is 0 Å². The first-order valence-electron chi connectivity index (χ1n) is 8.30. The number of aromatic amines is 1. The smallest absolute Gasteiger partial charge is 0.262 e. The molecule has 7 heteroatoms. The zero-order chi connectivity index (χ0) is 18.3. The Kier molecular flexibility index (Phi) is 4.02. The molecule has 0 saturated heterocycles. The molecule has 3 N–H and O–H groups in total.